The highest BCUT2D eigenvalue weighted by Gasteiger charge is 2.48. The SMILES string of the molecule is CCOP1(=O)N=C(C2=C(O)[C@H](C(C)(C)C)N(Cc3ccoc3)C2=O)Nc2ccc(CCCCCS(C)(=O)=O)cc21. The number of hydrogen-bond donors (Lipinski definition) is 2. The number of hydrogen-bond acceptors (Lipinski definition) is 8. The molecule has 10 nitrogen and oxygen atoms in total. The first-order valence-electron chi connectivity index (χ1n) is 13.4. The highest BCUT2D eigenvalue weighted by molar-refractivity contribution is 7.90. The van der Waals surface area contributed by atoms with Gasteiger partial charge in [0.1, 0.15) is 21.2 Å². The zero-order valence-electron chi connectivity index (χ0n) is 23.6. The predicted molar refractivity (Wildman–Crippen MR) is 156 cm³/mol. The fraction of sp³-hybridized carbons (Fsp3) is 0.500. The maximum atomic E-state index is 14.1. The van der Waals surface area contributed by atoms with Crippen molar-refractivity contribution in [2.24, 2.45) is 10.2 Å². The van der Waals surface area contributed by atoms with Crippen LogP contribution in [0.3, 0.4) is 0 Å². The van der Waals surface area contributed by atoms with E-state index in [1.807, 2.05) is 26.8 Å². The average Bonchev–Trinajstić information content (AvgIpc) is 3.44. The van der Waals surface area contributed by atoms with Crippen molar-refractivity contribution in [3.8, 4) is 0 Å². The molecule has 1 aromatic carbocycles. The summed E-state index contributed by atoms with van der Waals surface area (Å²) >= 11 is 0. The van der Waals surface area contributed by atoms with Gasteiger partial charge in [0.2, 0.25) is 0 Å². The monoisotopic (exact) mass is 591 g/mol. The lowest BCUT2D eigenvalue weighted by molar-refractivity contribution is -0.129. The number of aliphatic hydroxyl groups is 1. The number of fused-ring (bicyclic) bond motifs is 1. The summed E-state index contributed by atoms with van der Waals surface area (Å²) in [7, 11) is -6.76. The predicted octanol–water partition coefficient (Wildman–Crippen LogP) is 4.99. The summed E-state index contributed by atoms with van der Waals surface area (Å²) in [6.45, 7) is 7.90. The van der Waals surface area contributed by atoms with E-state index in [1.54, 1.807) is 36.3 Å². The summed E-state index contributed by atoms with van der Waals surface area (Å²) in [5.41, 5.74) is 1.68. The Bertz CT molecular complexity index is 1470. The van der Waals surface area contributed by atoms with Crippen LogP contribution in [-0.4, -0.2) is 54.8 Å². The molecule has 0 saturated carbocycles. The summed E-state index contributed by atoms with van der Waals surface area (Å²) in [6.07, 6.45) is 7.14. The van der Waals surface area contributed by atoms with Gasteiger partial charge in [-0.15, -0.1) is 0 Å². The lowest BCUT2D eigenvalue weighted by Crippen LogP contribution is -2.43. The smallest absolute Gasteiger partial charge is 0.348 e. The van der Waals surface area contributed by atoms with Crippen LogP contribution in [0.25, 0.3) is 0 Å². The Kier molecular flexibility index (Phi) is 8.68. The van der Waals surface area contributed by atoms with Crippen LogP contribution in [0.4, 0.5) is 5.69 Å². The minimum Gasteiger partial charge on any atom is -0.509 e. The third-order valence-electron chi connectivity index (χ3n) is 6.93. The third kappa shape index (κ3) is 6.53. The first-order valence-corrected chi connectivity index (χ1v) is 17.1. The van der Waals surface area contributed by atoms with Gasteiger partial charge in [0, 0.05) is 24.1 Å². The number of nitrogens with zero attached hydrogens (tertiary/aromatic N) is 2. The summed E-state index contributed by atoms with van der Waals surface area (Å²) in [4.78, 5) is 15.3. The summed E-state index contributed by atoms with van der Waals surface area (Å²) in [5.74, 6) is -0.384. The quantitative estimate of drug-likeness (QED) is 0.276. The number of amidine groups is 1. The van der Waals surface area contributed by atoms with Gasteiger partial charge < -0.3 is 24.3 Å². The number of carbonyl (C=O) groups excluding carboxylic acids is 1. The van der Waals surface area contributed by atoms with E-state index in [9.17, 15) is 22.9 Å². The van der Waals surface area contributed by atoms with Gasteiger partial charge in [-0.25, -0.2) is 8.42 Å². The Balaban J connectivity index is 1.63. The number of benzene rings is 1. The molecule has 1 unspecified atom stereocenters. The van der Waals surface area contributed by atoms with Gasteiger partial charge in [-0.1, -0.05) is 33.3 Å². The molecule has 1 aromatic heterocycles. The molecule has 40 heavy (non-hydrogen) atoms. The van der Waals surface area contributed by atoms with Crippen molar-refractivity contribution in [3.63, 3.8) is 0 Å². The van der Waals surface area contributed by atoms with Gasteiger partial charge >= 0.3 is 7.52 Å². The first kappa shape index (κ1) is 30.1. The highest BCUT2D eigenvalue weighted by Crippen LogP contribution is 2.53. The van der Waals surface area contributed by atoms with Gasteiger partial charge in [-0.3, -0.25) is 9.36 Å². The molecule has 2 aliphatic rings. The molecule has 4 rings (SSSR count). The van der Waals surface area contributed by atoms with Crippen LogP contribution in [-0.2, 0) is 36.7 Å². The number of anilines is 1. The molecule has 3 heterocycles. The van der Waals surface area contributed by atoms with Crippen LogP contribution >= 0.6 is 7.52 Å². The Morgan fingerprint density at radius 3 is 2.55 bits per heavy atom. The number of aryl methyl sites for hydroxylation is 1. The number of amides is 1. The normalized spacial score (nSPS) is 21.4. The number of furan rings is 1. The third-order valence-corrected chi connectivity index (χ3v) is 10.0. The molecule has 0 spiro atoms. The second-order valence-electron chi connectivity index (χ2n) is 11.4. The second kappa shape index (κ2) is 11.5. The largest absolute Gasteiger partial charge is 0.509 e. The molecule has 2 aliphatic heterocycles. The molecular formula is C28H38N3O7PS. The summed E-state index contributed by atoms with van der Waals surface area (Å²) in [5, 5.41) is 14.9. The average molecular weight is 592 g/mol. The minimum atomic E-state index is -3.78. The zero-order chi connectivity index (χ0) is 29.3. The number of unbranched alkanes of at least 4 members (excludes halogenated alkanes) is 2. The van der Waals surface area contributed by atoms with E-state index in [0.717, 1.165) is 24.0 Å². The molecule has 2 atom stereocenters. The van der Waals surface area contributed by atoms with Crippen LogP contribution in [0.1, 0.15) is 58.1 Å². The van der Waals surface area contributed by atoms with Crippen molar-refractivity contribution >= 4 is 40.1 Å². The highest BCUT2D eigenvalue weighted by atomic mass is 32.2. The molecule has 218 valence electrons. The fourth-order valence-electron chi connectivity index (χ4n) is 5.16. The van der Waals surface area contributed by atoms with E-state index in [4.69, 9.17) is 8.94 Å². The van der Waals surface area contributed by atoms with Crippen LogP contribution < -0.4 is 10.6 Å². The Morgan fingerprint density at radius 1 is 1.18 bits per heavy atom. The summed E-state index contributed by atoms with van der Waals surface area (Å²) < 4.78 is 52.2. The van der Waals surface area contributed by atoms with Crippen molar-refractivity contribution in [2.75, 3.05) is 23.9 Å². The van der Waals surface area contributed by atoms with E-state index < -0.39 is 34.7 Å². The molecule has 0 radical (unpaired) electrons. The van der Waals surface area contributed by atoms with E-state index in [0.29, 0.717) is 23.8 Å². The van der Waals surface area contributed by atoms with Crippen molar-refractivity contribution in [2.45, 2.75) is 66.0 Å². The molecule has 0 bridgehead atoms. The summed E-state index contributed by atoms with van der Waals surface area (Å²) in [6, 6.07) is 6.61. The van der Waals surface area contributed by atoms with Gasteiger partial charge in [-0.2, -0.15) is 4.76 Å². The lowest BCUT2D eigenvalue weighted by Gasteiger charge is -2.35. The van der Waals surface area contributed by atoms with Gasteiger partial charge in [-0.05, 0) is 55.4 Å². The molecule has 2 aromatic rings. The van der Waals surface area contributed by atoms with Crippen molar-refractivity contribution in [1.29, 1.82) is 0 Å². The maximum absolute atomic E-state index is 14.1. The van der Waals surface area contributed by atoms with Gasteiger partial charge in [0.15, 0.2) is 5.84 Å². The molecule has 0 fully saturated rings. The first-order chi connectivity index (χ1) is 18.7. The van der Waals surface area contributed by atoms with Crippen molar-refractivity contribution < 1.29 is 31.8 Å². The van der Waals surface area contributed by atoms with Crippen LogP contribution in [0.5, 0.6) is 0 Å². The number of aliphatic hydroxyl groups excluding tert-OH is 1. The zero-order valence-corrected chi connectivity index (χ0v) is 25.3. The van der Waals surface area contributed by atoms with E-state index >= 15 is 0 Å². The molecule has 0 saturated heterocycles. The second-order valence-corrected chi connectivity index (χ2v) is 15.6. The van der Waals surface area contributed by atoms with E-state index in [1.165, 1.54) is 12.5 Å². The Labute approximate surface area is 235 Å². The van der Waals surface area contributed by atoms with Crippen molar-refractivity contribution in [1.82, 2.24) is 4.90 Å². The molecule has 0 aliphatic carbocycles. The van der Waals surface area contributed by atoms with Crippen molar-refractivity contribution in [3.05, 3.63) is 59.3 Å². The van der Waals surface area contributed by atoms with Crippen LogP contribution in [0.15, 0.2) is 57.3 Å². The molecule has 12 heteroatoms. The minimum absolute atomic E-state index is 0.0178. The van der Waals surface area contributed by atoms with Crippen LogP contribution in [0.2, 0.25) is 0 Å². The standard InChI is InChI=1S/C28H38N3O7PS/c1-6-38-39(34)22-16-19(10-8-7-9-15-40(5,35)36)11-12-21(22)29-26(30-39)23-24(32)25(28(2,3)4)31(27(23)33)17-20-13-14-37-18-20/h11-14,16,18,25,32H,6-10,15,17H2,1-5H3,(H,29,30,34)/t25-,39?/m1/s1. The van der Waals surface area contributed by atoms with Crippen LogP contribution in [0, 0.1) is 5.41 Å². The van der Waals surface area contributed by atoms with Gasteiger partial charge in [0.05, 0.1) is 36.2 Å². The maximum Gasteiger partial charge on any atom is 0.348 e. The fourth-order valence-corrected chi connectivity index (χ4v) is 7.72. The van der Waals surface area contributed by atoms with Gasteiger partial charge in [0.25, 0.3) is 5.91 Å². The lowest BCUT2D eigenvalue weighted by atomic mass is 9.85. The number of sulfone groups is 1. The molecule has 2 N–H and O–H groups in total. The Hall–Kier alpha value is -2.88. The topological polar surface area (TPSA) is 139 Å². The number of carbonyl (C=O) groups is 1. The number of nitrogens with one attached hydrogen (secondary N) is 1. The number of rotatable bonds is 11. The van der Waals surface area contributed by atoms with E-state index in [2.05, 4.69) is 10.1 Å². The van der Waals surface area contributed by atoms with E-state index in [-0.39, 0.29) is 36.1 Å². The molecular weight excluding hydrogens is 553 g/mol. The molecule has 1 amide bonds. The Morgan fingerprint density at radius 2 is 1.93 bits per heavy atom.